The fraction of sp³-hybridized carbons (Fsp3) is 0.200. The molecule has 1 aromatic carbocycles. The number of amides is 2. The molecule has 1 aromatic heterocycles. The number of hydrogen-bond donors (Lipinski definition) is 2. The summed E-state index contributed by atoms with van der Waals surface area (Å²) in [4.78, 5) is 16.1. The number of rotatable bonds is 3. The highest BCUT2D eigenvalue weighted by atomic mass is 35.5. The van der Waals surface area contributed by atoms with Crippen LogP contribution in [0.3, 0.4) is 0 Å². The molecule has 0 aliphatic carbocycles. The predicted molar refractivity (Wildman–Crippen MR) is 89.0 cm³/mol. The number of nitrogens with zero attached hydrogens (tertiary/aromatic N) is 2. The van der Waals surface area contributed by atoms with Crippen molar-refractivity contribution < 1.29 is 9.53 Å². The fourth-order valence-corrected chi connectivity index (χ4v) is 2.70. The zero-order chi connectivity index (χ0) is 16.6. The van der Waals surface area contributed by atoms with Gasteiger partial charge in [0.2, 0.25) is 5.88 Å². The molecule has 0 radical (unpaired) electrons. The Morgan fingerprint density at radius 3 is 2.43 bits per heavy atom. The molecular weight excluding hydrogens is 339 g/mol. The SMILES string of the molecule is CC1(C)NC(=O)N(c2cc(Cl)c(Oc3ccccn3)c(Cl)c2)N1. The Bertz CT molecular complexity index is 729. The molecule has 0 atom stereocenters. The Morgan fingerprint density at radius 1 is 1.22 bits per heavy atom. The Labute approximate surface area is 143 Å². The summed E-state index contributed by atoms with van der Waals surface area (Å²) in [6.45, 7) is 3.68. The van der Waals surface area contributed by atoms with E-state index in [1.807, 2.05) is 13.8 Å². The molecule has 120 valence electrons. The lowest BCUT2D eigenvalue weighted by Crippen LogP contribution is -2.45. The van der Waals surface area contributed by atoms with E-state index in [2.05, 4.69) is 15.7 Å². The lowest BCUT2D eigenvalue weighted by Gasteiger charge is -2.21. The van der Waals surface area contributed by atoms with Gasteiger partial charge in [-0.15, -0.1) is 0 Å². The maximum Gasteiger partial charge on any atom is 0.338 e. The molecule has 2 aromatic rings. The van der Waals surface area contributed by atoms with Gasteiger partial charge in [-0.05, 0) is 32.0 Å². The number of nitrogens with one attached hydrogen (secondary N) is 2. The van der Waals surface area contributed by atoms with E-state index >= 15 is 0 Å². The first kappa shape index (κ1) is 15.9. The first-order valence-corrected chi connectivity index (χ1v) is 7.59. The summed E-state index contributed by atoms with van der Waals surface area (Å²) >= 11 is 12.5. The molecule has 0 unspecified atom stereocenters. The molecule has 0 spiro atoms. The second-order valence-electron chi connectivity index (χ2n) is 5.51. The number of carbonyl (C=O) groups excluding carboxylic acids is 1. The van der Waals surface area contributed by atoms with Gasteiger partial charge in [0.15, 0.2) is 5.75 Å². The molecule has 0 saturated carbocycles. The minimum absolute atomic E-state index is 0.275. The maximum atomic E-state index is 12.0. The Morgan fingerprint density at radius 2 is 1.91 bits per heavy atom. The third-order valence-electron chi connectivity index (χ3n) is 3.10. The molecule has 8 heteroatoms. The highest BCUT2D eigenvalue weighted by Gasteiger charge is 2.35. The largest absolute Gasteiger partial charge is 0.436 e. The number of carbonyl (C=O) groups is 1. The number of ether oxygens (including phenoxy) is 1. The topological polar surface area (TPSA) is 66.5 Å². The van der Waals surface area contributed by atoms with E-state index in [9.17, 15) is 4.79 Å². The Kier molecular flexibility index (Phi) is 4.06. The first-order chi connectivity index (χ1) is 10.9. The number of anilines is 1. The molecule has 1 aliphatic heterocycles. The van der Waals surface area contributed by atoms with Gasteiger partial charge in [0.1, 0.15) is 5.66 Å². The number of hydrazine groups is 1. The first-order valence-electron chi connectivity index (χ1n) is 6.84. The van der Waals surface area contributed by atoms with Gasteiger partial charge in [-0.25, -0.2) is 20.2 Å². The average Bonchev–Trinajstić information content (AvgIpc) is 2.77. The van der Waals surface area contributed by atoms with Crippen LogP contribution in [0.25, 0.3) is 0 Å². The highest BCUT2D eigenvalue weighted by Crippen LogP contribution is 2.39. The van der Waals surface area contributed by atoms with Gasteiger partial charge >= 0.3 is 6.03 Å². The summed E-state index contributed by atoms with van der Waals surface area (Å²) in [6, 6.07) is 8.16. The van der Waals surface area contributed by atoms with Crippen molar-refractivity contribution in [2.75, 3.05) is 5.01 Å². The predicted octanol–water partition coefficient (Wildman–Crippen LogP) is 3.95. The van der Waals surface area contributed by atoms with Crippen LogP contribution in [0.1, 0.15) is 13.8 Å². The second kappa shape index (κ2) is 5.88. The molecule has 6 nitrogen and oxygen atoms in total. The standard InChI is InChI=1S/C15H14Cl2N4O2/c1-15(2)19-14(22)21(20-15)9-7-10(16)13(11(17)8-9)23-12-5-3-4-6-18-12/h3-8,20H,1-2H3,(H,19,22). The van der Waals surface area contributed by atoms with Gasteiger partial charge in [0, 0.05) is 12.3 Å². The molecule has 2 amide bonds. The van der Waals surface area contributed by atoms with Crippen LogP contribution in [-0.2, 0) is 0 Å². The summed E-state index contributed by atoms with van der Waals surface area (Å²) in [5.41, 5.74) is 2.98. The summed E-state index contributed by atoms with van der Waals surface area (Å²) < 4.78 is 5.61. The molecule has 1 saturated heterocycles. The summed E-state index contributed by atoms with van der Waals surface area (Å²) in [5.74, 6) is 0.664. The van der Waals surface area contributed by atoms with Crippen LogP contribution < -0.4 is 20.5 Å². The molecule has 3 rings (SSSR count). The lowest BCUT2D eigenvalue weighted by atomic mass is 10.3. The normalized spacial score (nSPS) is 16.3. The third-order valence-corrected chi connectivity index (χ3v) is 3.66. The molecule has 1 fully saturated rings. The highest BCUT2D eigenvalue weighted by molar-refractivity contribution is 6.37. The second-order valence-corrected chi connectivity index (χ2v) is 6.33. The smallest absolute Gasteiger partial charge is 0.338 e. The van der Waals surface area contributed by atoms with Crippen molar-refractivity contribution in [1.82, 2.24) is 15.7 Å². The quantitative estimate of drug-likeness (QED) is 0.877. The van der Waals surface area contributed by atoms with E-state index in [-0.39, 0.29) is 21.8 Å². The third kappa shape index (κ3) is 3.34. The van der Waals surface area contributed by atoms with Crippen LogP contribution in [0.15, 0.2) is 36.5 Å². The monoisotopic (exact) mass is 352 g/mol. The van der Waals surface area contributed by atoms with Crippen LogP contribution in [-0.4, -0.2) is 16.7 Å². The van der Waals surface area contributed by atoms with E-state index < -0.39 is 5.66 Å². The number of pyridine rings is 1. The van der Waals surface area contributed by atoms with Crippen LogP contribution in [0.2, 0.25) is 10.0 Å². The van der Waals surface area contributed by atoms with Gasteiger partial charge in [-0.1, -0.05) is 29.3 Å². The molecule has 2 N–H and O–H groups in total. The van der Waals surface area contributed by atoms with Crippen LogP contribution in [0.5, 0.6) is 11.6 Å². The zero-order valence-corrected chi connectivity index (χ0v) is 13.9. The molecular formula is C15H14Cl2N4O2. The van der Waals surface area contributed by atoms with Gasteiger partial charge in [0.25, 0.3) is 0 Å². The van der Waals surface area contributed by atoms with Crippen LogP contribution in [0.4, 0.5) is 10.5 Å². The van der Waals surface area contributed by atoms with Crippen LogP contribution in [0, 0.1) is 0 Å². The zero-order valence-electron chi connectivity index (χ0n) is 12.4. The fourth-order valence-electron chi connectivity index (χ4n) is 2.15. The Balaban J connectivity index is 1.90. The number of halogens is 2. The van der Waals surface area contributed by atoms with Crippen molar-refractivity contribution >= 4 is 34.9 Å². The Hall–Kier alpha value is -2.02. The summed E-state index contributed by atoms with van der Waals surface area (Å²) in [6.07, 6.45) is 1.60. The van der Waals surface area contributed by atoms with E-state index in [4.69, 9.17) is 27.9 Å². The molecule has 2 heterocycles. The van der Waals surface area contributed by atoms with Gasteiger partial charge in [0.05, 0.1) is 15.7 Å². The van der Waals surface area contributed by atoms with Gasteiger partial charge in [-0.3, -0.25) is 0 Å². The van der Waals surface area contributed by atoms with Gasteiger partial charge in [-0.2, -0.15) is 0 Å². The van der Waals surface area contributed by atoms with Crippen molar-refractivity contribution in [3.05, 3.63) is 46.6 Å². The summed E-state index contributed by atoms with van der Waals surface area (Å²) in [5, 5.41) is 4.68. The molecule has 1 aliphatic rings. The van der Waals surface area contributed by atoms with Crippen molar-refractivity contribution in [3.63, 3.8) is 0 Å². The number of urea groups is 1. The molecule has 0 bridgehead atoms. The maximum absolute atomic E-state index is 12.0. The van der Waals surface area contributed by atoms with E-state index in [1.165, 1.54) is 5.01 Å². The van der Waals surface area contributed by atoms with Crippen molar-refractivity contribution in [1.29, 1.82) is 0 Å². The lowest BCUT2D eigenvalue weighted by molar-refractivity contribution is 0.248. The van der Waals surface area contributed by atoms with E-state index in [0.717, 1.165) is 0 Å². The molecule has 23 heavy (non-hydrogen) atoms. The number of aromatic nitrogens is 1. The minimum atomic E-state index is -0.556. The van der Waals surface area contributed by atoms with Crippen LogP contribution >= 0.6 is 23.2 Å². The van der Waals surface area contributed by atoms with Gasteiger partial charge < -0.3 is 10.1 Å². The number of hydrogen-bond acceptors (Lipinski definition) is 4. The average molecular weight is 353 g/mol. The van der Waals surface area contributed by atoms with Crippen molar-refractivity contribution in [2.24, 2.45) is 0 Å². The van der Waals surface area contributed by atoms with E-state index in [1.54, 1.807) is 36.5 Å². The minimum Gasteiger partial charge on any atom is -0.436 e. The van der Waals surface area contributed by atoms with Crippen molar-refractivity contribution in [2.45, 2.75) is 19.5 Å². The van der Waals surface area contributed by atoms with E-state index in [0.29, 0.717) is 11.6 Å². The number of benzene rings is 1. The van der Waals surface area contributed by atoms with Crippen molar-refractivity contribution in [3.8, 4) is 11.6 Å². The summed E-state index contributed by atoms with van der Waals surface area (Å²) in [7, 11) is 0.